The minimum atomic E-state index is -3.86. The summed E-state index contributed by atoms with van der Waals surface area (Å²) in [6.07, 6.45) is 0. The van der Waals surface area contributed by atoms with E-state index in [0.29, 0.717) is 16.9 Å². The molecule has 0 aliphatic rings. The van der Waals surface area contributed by atoms with E-state index >= 15 is 0 Å². The van der Waals surface area contributed by atoms with E-state index in [9.17, 15) is 8.42 Å². The molecule has 3 nitrogen and oxygen atoms in total. The van der Waals surface area contributed by atoms with Crippen molar-refractivity contribution in [3.8, 4) is 5.75 Å². The SMILES string of the molecule is Cc1cc(C)c(S(=O)(=O)Oc2ccc3ccccc3c2)c(C)c1. The van der Waals surface area contributed by atoms with Gasteiger partial charge in [0.05, 0.1) is 0 Å². The van der Waals surface area contributed by atoms with Crippen LogP contribution in [-0.2, 0) is 10.1 Å². The lowest BCUT2D eigenvalue weighted by molar-refractivity contribution is 0.485. The predicted molar refractivity (Wildman–Crippen MR) is 92.4 cm³/mol. The molecule has 0 unspecified atom stereocenters. The highest BCUT2D eigenvalue weighted by molar-refractivity contribution is 7.87. The predicted octanol–water partition coefficient (Wildman–Crippen LogP) is 4.53. The molecule has 0 fully saturated rings. The molecule has 0 N–H and O–H groups in total. The average molecular weight is 326 g/mol. The van der Waals surface area contributed by atoms with Gasteiger partial charge >= 0.3 is 10.1 Å². The second kappa shape index (κ2) is 5.70. The summed E-state index contributed by atoms with van der Waals surface area (Å²) >= 11 is 0. The quantitative estimate of drug-likeness (QED) is 0.664. The van der Waals surface area contributed by atoms with Crippen molar-refractivity contribution < 1.29 is 12.6 Å². The highest BCUT2D eigenvalue weighted by Crippen LogP contribution is 2.27. The van der Waals surface area contributed by atoms with E-state index in [1.54, 1.807) is 26.0 Å². The van der Waals surface area contributed by atoms with Crippen molar-refractivity contribution in [2.45, 2.75) is 25.7 Å². The molecule has 0 saturated carbocycles. The molecule has 118 valence electrons. The zero-order valence-corrected chi connectivity index (χ0v) is 14.1. The molecule has 4 heteroatoms. The highest BCUT2D eigenvalue weighted by Gasteiger charge is 2.22. The first-order valence-corrected chi connectivity index (χ1v) is 8.79. The van der Waals surface area contributed by atoms with Crippen molar-refractivity contribution in [1.29, 1.82) is 0 Å². The van der Waals surface area contributed by atoms with Crippen LogP contribution in [0.2, 0.25) is 0 Å². The minimum Gasteiger partial charge on any atom is -0.379 e. The molecule has 23 heavy (non-hydrogen) atoms. The van der Waals surface area contributed by atoms with Crippen molar-refractivity contribution in [2.75, 3.05) is 0 Å². The third-order valence-electron chi connectivity index (χ3n) is 3.78. The summed E-state index contributed by atoms with van der Waals surface area (Å²) in [7, 11) is -3.86. The number of rotatable bonds is 3. The fraction of sp³-hybridized carbons (Fsp3) is 0.158. The number of hydrogen-bond donors (Lipinski definition) is 0. The van der Waals surface area contributed by atoms with Crippen LogP contribution >= 0.6 is 0 Å². The molecule has 0 atom stereocenters. The Morgan fingerprint density at radius 2 is 1.39 bits per heavy atom. The average Bonchev–Trinajstić information content (AvgIpc) is 2.45. The molecule has 0 aliphatic carbocycles. The maximum Gasteiger partial charge on any atom is 0.339 e. The molecule has 3 aromatic rings. The van der Waals surface area contributed by atoms with Gasteiger partial charge in [0.1, 0.15) is 10.6 Å². The van der Waals surface area contributed by atoms with Crippen LogP contribution in [0, 0.1) is 20.8 Å². The van der Waals surface area contributed by atoms with Gasteiger partial charge in [0.2, 0.25) is 0 Å². The Morgan fingerprint density at radius 1 is 0.783 bits per heavy atom. The lowest BCUT2D eigenvalue weighted by Crippen LogP contribution is -2.13. The summed E-state index contributed by atoms with van der Waals surface area (Å²) in [4.78, 5) is 0.247. The van der Waals surface area contributed by atoms with Gasteiger partial charge in [-0.1, -0.05) is 48.0 Å². The van der Waals surface area contributed by atoms with E-state index in [1.165, 1.54) is 0 Å². The zero-order valence-electron chi connectivity index (χ0n) is 13.3. The van der Waals surface area contributed by atoms with Gasteiger partial charge in [-0.15, -0.1) is 0 Å². The van der Waals surface area contributed by atoms with Crippen molar-refractivity contribution in [3.05, 3.63) is 71.3 Å². The summed E-state index contributed by atoms with van der Waals surface area (Å²) in [6, 6.07) is 16.7. The topological polar surface area (TPSA) is 43.4 Å². The van der Waals surface area contributed by atoms with Crippen molar-refractivity contribution in [3.63, 3.8) is 0 Å². The van der Waals surface area contributed by atoms with Crippen molar-refractivity contribution in [1.82, 2.24) is 0 Å². The van der Waals surface area contributed by atoms with Crippen LogP contribution in [0.25, 0.3) is 10.8 Å². The normalized spacial score (nSPS) is 11.6. The lowest BCUT2D eigenvalue weighted by atomic mass is 10.1. The van der Waals surface area contributed by atoms with Crippen LogP contribution in [0.4, 0.5) is 0 Å². The van der Waals surface area contributed by atoms with Gasteiger partial charge in [-0.05, 0) is 54.8 Å². The van der Waals surface area contributed by atoms with Crippen molar-refractivity contribution >= 4 is 20.9 Å². The number of hydrogen-bond acceptors (Lipinski definition) is 3. The Balaban J connectivity index is 2.03. The van der Waals surface area contributed by atoms with Crippen LogP contribution in [0.15, 0.2) is 59.5 Å². The fourth-order valence-corrected chi connectivity index (χ4v) is 4.30. The van der Waals surface area contributed by atoms with Gasteiger partial charge in [0.25, 0.3) is 0 Å². The lowest BCUT2D eigenvalue weighted by Gasteiger charge is -2.13. The van der Waals surface area contributed by atoms with E-state index in [2.05, 4.69) is 0 Å². The Hall–Kier alpha value is -2.33. The second-order valence-corrected chi connectivity index (χ2v) is 7.26. The standard InChI is InChI=1S/C19H18O3S/c1-13-10-14(2)19(15(3)11-13)23(20,21)22-18-9-8-16-6-4-5-7-17(16)12-18/h4-12H,1-3H3. The van der Waals surface area contributed by atoms with Gasteiger partial charge < -0.3 is 4.18 Å². The largest absolute Gasteiger partial charge is 0.379 e. The third-order valence-corrected chi connectivity index (χ3v) is 5.34. The van der Waals surface area contributed by atoms with Gasteiger partial charge in [0.15, 0.2) is 0 Å². The van der Waals surface area contributed by atoms with Gasteiger partial charge in [0, 0.05) is 0 Å². The molecule has 0 heterocycles. The van der Waals surface area contributed by atoms with E-state index in [0.717, 1.165) is 16.3 Å². The van der Waals surface area contributed by atoms with E-state index < -0.39 is 10.1 Å². The van der Waals surface area contributed by atoms with Crippen LogP contribution in [-0.4, -0.2) is 8.42 Å². The Bertz CT molecular complexity index is 965. The minimum absolute atomic E-state index is 0.247. The molecule has 3 rings (SSSR count). The van der Waals surface area contributed by atoms with Gasteiger partial charge in [-0.3, -0.25) is 0 Å². The Morgan fingerprint density at radius 3 is 2.04 bits per heavy atom. The highest BCUT2D eigenvalue weighted by atomic mass is 32.2. The van der Waals surface area contributed by atoms with Gasteiger partial charge in [-0.2, -0.15) is 8.42 Å². The first-order chi connectivity index (χ1) is 10.9. The number of aryl methyl sites for hydroxylation is 3. The Labute approximate surface area is 136 Å². The third kappa shape index (κ3) is 3.08. The Kier molecular flexibility index (Phi) is 3.86. The van der Waals surface area contributed by atoms with E-state index in [-0.39, 0.29) is 4.90 Å². The molecule has 0 bridgehead atoms. The van der Waals surface area contributed by atoms with Crippen LogP contribution in [0.5, 0.6) is 5.75 Å². The molecule has 0 amide bonds. The molecule has 3 aromatic carbocycles. The molecular formula is C19H18O3S. The van der Waals surface area contributed by atoms with Crippen LogP contribution in [0.3, 0.4) is 0 Å². The summed E-state index contributed by atoms with van der Waals surface area (Å²) in [5, 5.41) is 1.98. The van der Waals surface area contributed by atoms with E-state index in [1.807, 2.05) is 49.4 Å². The maximum atomic E-state index is 12.7. The summed E-state index contributed by atoms with van der Waals surface area (Å²) < 4.78 is 30.7. The fourth-order valence-electron chi connectivity index (χ4n) is 2.95. The monoisotopic (exact) mass is 326 g/mol. The second-order valence-electron chi connectivity index (χ2n) is 5.77. The number of benzene rings is 3. The zero-order chi connectivity index (χ0) is 16.6. The van der Waals surface area contributed by atoms with E-state index in [4.69, 9.17) is 4.18 Å². The molecule has 0 saturated heterocycles. The summed E-state index contributed by atoms with van der Waals surface area (Å²) in [5.41, 5.74) is 2.43. The molecule has 0 radical (unpaired) electrons. The first kappa shape index (κ1) is 15.6. The smallest absolute Gasteiger partial charge is 0.339 e. The van der Waals surface area contributed by atoms with Crippen molar-refractivity contribution in [2.24, 2.45) is 0 Å². The summed E-state index contributed by atoms with van der Waals surface area (Å²) in [5.74, 6) is 0.322. The van der Waals surface area contributed by atoms with Crippen LogP contribution in [0.1, 0.15) is 16.7 Å². The molecule has 0 aliphatic heterocycles. The maximum absolute atomic E-state index is 12.7. The first-order valence-electron chi connectivity index (χ1n) is 7.38. The molecular weight excluding hydrogens is 308 g/mol. The summed E-state index contributed by atoms with van der Waals surface area (Å²) in [6.45, 7) is 5.52. The molecule has 0 spiro atoms. The van der Waals surface area contributed by atoms with Gasteiger partial charge in [-0.25, -0.2) is 0 Å². The number of fused-ring (bicyclic) bond motifs is 1. The van der Waals surface area contributed by atoms with Crippen LogP contribution < -0.4 is 4.18 Å². The molecule has 0 aromatic heterocycles.